The number of hydrogen-bond acceptors (Lipinski definition) is 5. The quantitative estimate of drug-likeness (QED) is 0.762. The van der Waals surface area contributed by atoms with Crippen molar-refractivity contribution in [3.63, 3.8) is 0 Å². The van der Waals surface area contributed by atoms with Gasteiger partial charge in [-0.2, -0.15) is 0 Å². The number of rotatable bonds is 5. The first-order chi connectivity index (χ1) is 8.35. The zero-order valence-electron chi connectivity index (χ0n) is 11.3. The van der Waals surface area contributed by atoms with E-state index in [-0.39, 0.29) is 24.0 Å². The summed E-state index contributed by atoms with van der Waals surface area (Å²) in [5, 5.41) is 17.4. The topological polar surface area (TPSA) is 74.2 Å². The highest BCUT2D eigenvalue weighted by Crippen LogP contribution is 2.21. The van der Waals surface area contributed by atoms with Gasteiger partial charge in [-0.25, -0.2) is 4.98 Å². The third kappa shape index (κ3) is 4.62. The summed E-state index contributed by atoms with van der Waals surface area (Å²) in [5.74, 6) is -0.240. The SMILES string of the molecule is CNc1nc(C(=O)NC(CO)CC(C)(C)C)cs1. The van der Waals surface area contributed by atoms with E-state index < -0.39 is 0 Å². The molecule has 0 fully saturated rings. The molecule has 1 rings (SSSR count). The lowest BCUT2D eigenvalue weighted by molar-refractivity contribution is 0.0893. The average Bonchev–Trinajstić information content (AvgIpc) is 2.74. The highest BCUT2D eigenvalue weighted by Gasteiger charge is 2.21. The van der Waals surface area contributed by atoms with Gasteiger partial charge in [0.2, 0.25) is 0 Å². The number of carbonyl (C=O) groups is 1. The monoisotopic (exact) mass is 271 g/mol. The number of aliphatic hydroxyl groups is 1. The zero-order chi connectivity index (χ0) is 13.8. The van der Waals surface area contributed by atoms with Gasteiger partial charge in [-0.05, 0) is 11.8 Å². The van der Waals surface area contributed by atoms with Gasteiger partial charge in [-0.15, -0.1) is 11.3 Å². The molecule has 0 aliphatic heterocycles. The van der Waals surface area contributed by atoms with Gasteiger partial charge in [0.1, 0.15) is 5.69 Å². The molecule has 0 aromatic carbocycles. The molecular formula is C12H21N3O2S. The molecule has 0 spiro atoms. The molecule has 102 valence electrons. The van der Waals surface area contributed by atoms with Crippen LogP contribution < -0.4 is 10.6 Å². The van der Waals surface area contributed by atoms with E-state index in [0.29, 0.717) is 10.8 Å². The van der Waals surface area contributed by atoms with Crippen LogP contribution in [0.5, 0.6) is 0 Å². The van der Waals surface area contributed by atoms with Crippen LogP contribution in [0.25, 0.3) is 0 Å². The van der Waals surface area contributed by atoms with Crippen molar-refractivity contribution in [3.8, 4) is 0 Å². The zero-order valence-corrected chi connectivity index (χ0v) is 12.1. The van der Waals surface area contributed by atoms with E-state index in [0.717, 1.165) is 6.42 Å². The Hall–Kier alpha value is -1.14. The third-order valence-corrected chi connectivity index (χ3v) is 3.22. The summed E-state index contributed by atoms with van der Waals surface area (Å²) in [7, 11) is 1.76. The predicted octanol–water partition coefficient (Wildman–Crippen LogP) is 1.71. The molecule has 0 saturated heterocycles. The minimum absolute atomic E-state index is 0.0545. The van der Waals surface area contributed by atoms with E-state index in [4.69, 9.17) is 0 Å². The molecule has 0 bridgehead atoms. The molecule has 0 aliphatic rings. The Morgan fingerprint density at radius 1 is 1.56 bits per heavy atom. The fourth-order valence-corrected chi connectivity index (χ4v) is 2.30. The Kier molecular flexibility index (Phi) is 5.10. The highest BCUT2D eigenvalue weighted by molar-refractivity contribution is 7.13. The van der Waals surface area contributed by atoms with Gasteiger partial charge in [0, 0.05) is 12.4 Å². The molecule has 0 radical (unpaired) electrons. The Morgan fingerprint density at radius 2 is 2.22 bits per heavy atom. The van der Waals surface area contributed by atoms with Crippen molar-refractivity contribution < 1.29 is 9.90 Å². The standard InChI is InChI=1S/C12H21N3O2S/c1-12(2,3)5-8(6-16)14-10(17)9-7-18-11(13-4)15-9/h7-8,16H,5-6H2,1-4H3,(H,13,15)(H,14,17). The number of amides is 1. The van der Waals surface area contributed by atoms with Crippen LogP contribution in [-0.4, -0.2) is 35.7 Å². The molecule has 1 heterocycles. The van der Waals surface area contributed by atoms with E-state index >= 15 is 0 Å². The van der Waals surface area contributed by atoms with Crippen molar-refractivity contribution in [2.75, 3.05) is 19.0 Å². The summed E-state index contributed by atoms with van der Waals surface area (Å²) in [6, 6.07) is -0.239. The molecule has 0 aliphatic carbocycles. The number of aliphatic hydroxyl groups excluding tert-OH is 1. The summed E-state index contributed by atoms with van der Waals surface area (Å²) in [4.78, 5) is 16.0. The number of anilines is 1. The Labute approximate surface area is 112 Å². The third-order valence-electron chi connectivity index (χ3n) is 2.37. The summed E-state index contributed by atoms with van der Waals surface area (Å²) in [6.07, 6.45) is 0.720. The Morgan fingerprint density at radius 3 is 2.67 bits per heavy atom. The van der Waals surface area contributed by atoms with Crippen molar-refractivity contribution >= 4 is 22.4 Å². The van der Waals surface area contributed by atoms with Crippen LogP contribution in [0, 0.1) is 5.41 Å². The molecule has 0 saturated carbocycles. The van der Waals surface area contributed by atoms with Gasteiger partial charge in [0.05, 0.1) is 12.6 Å². The number of nitrogens with one attached hydrogen (secondary N) is 2. The lowest BCUT2D eigenvalue weighted by atomic mass is 9.88. The van der Waals surface area contributed by atoms with Gasteiger partial charge in [0.15, 0.2) is 5.13 Å². The molecule has 1 atom stereocenters. The summed E-state index contributed by atoms with van der Waals surface area (Å²) >= 11 is 1.38. The molecule has 6 heteroatoms. The summed E-state index contributed by atoms with van der Waals surface area (Å²) in [6.45, 7) is 6.16. The largest absolute Gasteiger partial charge is 0.394 e. The van der Waals surface area contributed by atoms with Crippen LogP contribution in [0.3, 0.4) is 0 Å². The molecule has 3 N–H and O–H groups in total. The van der Waals surface area contributed by atoms with E-state index in [1.165, 1.54) is 11.3 Å². The van der Waals surface area contributed by atoms with Gasteiger partial charge in [-0.3, -0.25) is 4.79 Å². The number of hydrogen-bond donors (Lipinski definition) is 3. The Balaban J connectivity index is 2.62. The minimum atomic E-state index is -0.240. The van der Waals surface area contributed by atoms with Crippen LogP contribution in [0.2, 0.25) is 0 Å². The maximum absolute atomic E-state index is 11.9. The van der Waals surface area contributed by atoms with E-state index in [1.54, 1.807) is 12.4 Å². The fourth-order valence-electron chi connectivity index (χ4n) is 1.65. The maximum atomic E-state index is 11.9. The van der Waals surface area contributed by atoms with Crippen LogP contribution in [0.15, 0.2) is 5.38 Å². The number of nitrogens with zero attached hydrogens (tertiary/aromatic N) is 1. The second-order valence-electron chi connectivity index (χ2n) is 5.41. The molecular weight excluding hydrogens is 250 g/mol. The number of aromatic nitrogens is 1. The molecule has 18 heavy (non-hydrogen) atoms. The van der Waals surface area contributed by atoms with Gasteiger partial charge < -0.3 is 15.7 Å². The lowest BCUT2D eigenvalue weighted by Crippen LogP contribution is -2.40. The second kappa shape index (κ2) is 6.15. The molecule has 1 amide bonds. The average molecular weight is 271 g/mol. The maximum Gasteiger partial charge on any atom is 0.271 e. The highest BCUT2D eigenvalue weighted by atomic mass is 32.1. The van der Waals surface area contributed by atoms with E-state index in [9.17, 15) is 9.90 Å². The minimum Gasteiger partial charge on any atom is -0.394 e. The van der Waals surface area contributed by atoms with Crippen LogP contribution in [-0.2, 0) is 0 Å². The second-order valence-corrected chi connectivity index (χ2v) is 6.26. The lowest BCUT2D eigenvalue weighted by Gasteiger charge is -2.25. The molecule has 1 unspecified atom stereocenters. The fraction of sp³-hybridized carbons (Fsp3) is 0.667. The van der Waals surface area contributed by atoms with Crippen molar-refractivity contribution in [2.45, 2.75) is 33.2 Å². The van der Waals surface area contributed by atoms with Crippen molar-refractivity contribution in [1.29, 1.82) is 0 Å². The van der Waals surface area contributed by atoms with Crippen LogP contribution in [0.4, 0.5) is 5.13 Å². The summed E-state index contributed by atoms with van der Waals surface area (Å²) in [5.41, 5.74) is 0.440. The first kappa shape index (κ1) is 14.9. The first-order valence-electron chi connectivity index (χ1n) is 5.90. The molecule has 5 nitrogen and oxygen atoms in total. The smallest absolute Gasteiger partial charge is 0.271 e. The van der Waals surface area contributed by atoms with E-state index in [2.05, 4.69) is 36.4 Å². The number of carbonyl (C=O) groups excluding carboxylic acids is 1. The van der Waals surface area contributed by atoms with Crippen LogP contribution >= 0.6 is 11.3 Å². The van der Waals surface area contributed by atoms with Crippen molar-refractivity contribution in [3.05, 3.63) is 11.1 Å². The predicted molar refractivity (Wildman–Crippen MR) is 74.1 cm³/mol. The first-order valence-corrected chi connectivity index (χ1v) is 6.78. The van der Waals surface area contributed by atoms with Gasteiger partial charge in [0.25, 0.3) is 5.91 Å². The van der Waals surface area contributed by atoms with E-state index in [1.807, 2.05) is 0 Å². The van der Waals surface area contributed by atoms with Crippen molar-refractivity contribution in [2.24, 2.45) is 5.41 Å². The molecule has 1 aromatic rings. The number of thiazole rings is 1. The van der Waals surface area contributed by atoms with Crippen LogP contribution in [0.1, 0.15) is 37.7 Å². The van der Waals surface area contributed by atoms with Crippen molar-refractivity contribution in [1.82, 2.24) is 10.3 Å². The Bertz CT molecular complexity index is 398. The van der Waals surface area contributed by atoms with Gasteiger partial charge in [-0.1, -0.05) is 20.8 Å². The summed E-state index contributed by atoms with van der Waals surface area (Å²) < 4.78 is 0. The normalized spacial score (nSPS) is 13.2. The molecule has 1 aromatic heterocycles. The van der Waals surface area contributed by atoms with Gasteiger partial charge >= 0.3 is 0 Å².